The van der Waals surface area contributed by atoms with Crippen LogP contribution in [0.15, 0.2) is 30.3 Å². The van der Waals surface area contributed by atoms with Gasteiger partial charge in [0.25, 0.3) is 0 Å². The molecule has 2 heterocycles. The van der Waals surface area contributed by atoms with Crippen LogP contribution in [0.1, 0.15) is 31.2 Å². The number of hydrogen-bond donors (Lipinski definition) is 1. The number of carbonyl (C=O) groups is 1. The molecule has 2 fully saturated rings. The number of carbonyl (C=O) groups excluding carboxylic acids is 1. The average molecular weight is 319 g/mol. The zero-order valence-corrected chi connectivity index (χ0v) is 13.5. The Labute approximate surface area is 137 Å². The van der Waals surface area contributed by atoms with Crippen LogP contribution in [-0.4, -0.2) is 44.0 Å². The summed E-state index contributed by atoms with van der Waals surface area (Å²) in [5.41, 5.74) is 0.979. The smallest absolute Gasteiger partial charge is 0.246 e. The fourth-order valence-corrected chi connectivity index (χ4v) is 3.35. The highest BCUT2D eigenvalue weighted by atomic mass is 16.5. The average Bonchev–Trinajstić information content (AvgIpc) is 2.56. The number of nitrogens with one attached hydrogen (secondary N) is 1. The standard InChI is InChI=1S/C18H25NO4/c20-17(14-22-13-15-4-2-1-3-5-15)19-16-6-9-23-18(12-16)7-10-21-11-8-18/h1-5,16H,6-14H2,(H,19,20). The van der Waals surface area contributed by atoms with Crippen LogP contribution in [0.5, 0.6) is 0 Å². The molecule has 0 radical (unpaired) electrons. The maximum atomic E-state index is 12.1. The molecular formula is C18H25NO4. The largest absolute Gasteiger partial charge is 0.381 e. The van der Waals surface area contributed by atoms with Crippen molar-refractivity contribution >= 4 is 5.91 Å². The van der Waals surface area contributed by atoms with E-state index in [1.807, 2.05) is 30.3 Å². The van der Waals surface area contributed by atoms with Gasteiger partial charge in [0, 0.05) is 25.9 Å². The molecule has 1 N–H and O–H groups in total. The van der Waals surface area contributed by atoms with Gasteiger partial charge >= 0.3 is 0 Å². The Balaban J connectivity index is 1.40. The molecule has 3 rings (SSSR count). The van der Waals surface area contributed by atoms with E-state index in [9.17, 15) is 4.79 Å². The second kappa shape index (κ2) is 7.90. The van der Waals surface area contributed by atoms with Gasteiger partial charge in [-0.3, -0.25) is 4.79 Å². The molecule has 5 heteroatoms. The highest BCUT2D eigenvalue weighted by Crippen LogP contribution is 2.34. The van der Waals surface area contributed by atoms with Crippen LogP contribution in [0, 0.1) is 0 Å². The minimum absolute atomic E-state index is 0.0463. The van der Waals surface area contributed by atoms with Crippen molar-refractivity contribution < 1.29 is 19.0 Å². The van der Waals surface area contributed by atoms with Crippen molar-refractivity contribution in [3.8, 4) is 0 Å². The SMILES string of the molecule is O=C(COCc1ccccc1)NC1CCOC2(CCOCC2)C1. The molecule has 0 aromatic heterocycles. The Hall–Kier alpha value is -1.43. The van der Waals surface area contributed by atoms with E-state index in [2.05, 4.69) is 5.32 Å². The summed E-state index contributed by atoms with van der Waals surface area (Å²) >= 11 is 0. The summed E-state index contributed by atoms with van der Waals surface area (Å²) in [5, 5.41) is 3.09. The third-order valence-electron chi connectivity index (χ3n) is 4.61. The first-order chi connectivity index (χ1) is 11.3. The number of ether oxygens (including phenoxy) is 3. The van der Waals surface area contributed by atoms with E-state index in [-0.39, 0.29) is 24.2 Å². The zero-order valence-electron chi connectivity index (χ0n) is 13.5. The molecule has 1 aromatic carbocycles. The molecule has 23 heavy (non-hydrogen) atoms. The number of hydrogen-bond acceptors (Lipinski definition) is 4. The van der Waals surface area contributed by atoms with Crippen molar-refractivity contribution in [2.75, 3.05) is 26.4 Å². The minimum Gasteiger partial charge on any atom is -0.381 e. The topological polar surface area (TPSA) is 56.8 Å². The predicted octanol–water partition coefficient (Wildman–Crippen LogP) is 2.05. The molecule has 1 amide bonds. The monoisotopic (exact) mass is 319 g/mol. The summed E-state index contributed by atoms with van der Waals surface area (Å²) in [4.78, 5) is 12.1. The second-order valence-electron chi connectivity index (χ2n) is 6.38. The van der Waals surface area contributed by atoms with Crippen LogP contribution in [0.2, 0.25) is 0 Å². The van der Waals surface area contributed by atoms with Gasteiger partial charge in [0.15, 0.2) is 0 Å². The van der Waals surface area contributed by atoms with E-state index >= 15 is 0 Å². The van der Waals surface area contributed by atoms with Crippen LogP contribution >= 0.6 is 0 Å². The molecule has 0 aliphatic carbocycles. The maximum absolute atomic E-state index is 12.1. The molecule has 0 saturated carbocycles. The Morgan fingerprint density at radius 3 is 2.78 bits per heavy atom. The van der Waals surface area contributed by atoms with E-state index < -0.39 is 0 Å². The van der Waals surface area contributed by atoms with E-state index in [0.29, 0.717) is 13.2 Å². The van der Waals surface area contributed by atoms with Gasteiger partial charge in [-0.05, 0) is 31.2 Å². The summed E-state index contributed by atoms with van der Waals surface area (Å²) in [6.07, 6.45) is 3.58. The van der Waals surface area contributed by atoms with E-state index in [4.69, 9.17) is 14.2 Å². The van der Waals surface area contributed by atoms with Crippen molar-refractivity contribution in [1.29, 1.82) is 0 Å². The fourth-order valence-electron chi connectivity index (χ4n) is 3.35. The van der Waals surface area contributed by atoms with Crippen molar-refractivity contribution in [1.82, 2.24) is 5.32 Å². The first-order valence-corrected chi connectivity index (χ1v) is 8.39. The minimum atomic E-state index is -0.0979. The first kappa shape index (κ1) is 16.4. The van der Waals surface area contributed by atoms with Crippen LogP contribution in [0.3, 0.4) is 0 Å². The van der Waals surface area contributed by atoms with Crippen molar-refractivity contribution in [3.63, 3.8) is 0 Å². The Morgan fingerprint density at radius 2 is 2.00 bits per heavy atom. The van der Waals surface area contributed by atoms with Crippen molar-refractivity contribution in [2.45, 2.75) is 43.9 Å². The van der Waals surface area contributed by atoms with Gasteiger partial charge in [0.05, 0.1) is 12.2 Å². The summed E-state index contributed by atoms with van der Waals surface area (Å²) in [7, 11) is 0. The number of amides is 1. The molecule has 2 aliphatic heterocycles. The zero-order chi connectivity index (χ0) is 16.0. The van der Waals surface area contributed by atoms with Gasteiger partial charge in [0.1, 0.15) is 6.61 Å². The van der Waals surface area contributed by atoms with Crippen LogP contribution in [-0.2, 0) is 25.6 Å². The molecule has 1 unspecified atom stereocenters. The van der Waals surface area contributed by atoms with Crippen molar-refractivity contribution in [3.05, 3.63) is 35.9 Å². The van der Waals surface area contributed by atoms with Gasteiger partial charge in [-0.25, -0.2) is 0 Å². The summed E-state index contributed by atoms with van der Waals surface area (Å²) in [6, 6.07) is 10.1. The molecule has 1 spiro atoms. The lowest BCUT2D eigenvalue weighted by Gasteiger charge is -2.43. The van der Waals surface area contributed by atoms with Crippen molar-refractivity contribution in [2.24, 2.45) is 0 Å². The molecule has 1 atom stereocenters. The molecular weight excluding hydrogens is 294 g/mol. The Kier molecular flexibility index (Phi) is 5.65. The molecule has 5 nitrogen and oxygen atoms in total. The lowest BCUT2D eigenvalue weighted by Crippen LogP contribution is -2.51. The quantitative estimate of drug-likeness (QED) is 0.902. The molecule has 2 saturated heterocycles. The Morgan fingerprint density at radius 1 is 1.22 bits per heavy atom. The predicted molar refractivity (Wildman–Crippen MR) is 86.0 cm³/mol. The van der Waals surface area contributed by atoms with Gasteiger partial charge in [-0.1, -0.05) is 30.3 Å². The Bertz CT molecular complexity index is 493. The lowest BCUT2D eigenvalue weighted by atomic mass is 9.84. The summed E-state index contributed by atoms with van der Waals surface area (Å²) in [5.74, 6) is -0.0463. The number of rotatable bonds is 5. The van der Waals surface area contributed by atoms with E-state index in [1.165, 1.54) is 0 Å². The highest BCUT2D eigenvalue weighted by molar-refractivity contribution is 5.77. The van der Waals surface area contributed by atoms with E-state index in [0.717, 1.165) is 44.5 Å². The van der Waals surface area contributed by atoms with Gasteiger partial charge < -0.3 is 19.5 Å². The summed E-state index contributed by atoms with van der Waals surface area (Å²) < 4.78 is 16.9. The van der Waals surface area contributed by atoms with Gasteiger partial charge in [-0.15, -0.1) is 0 Å². The molecule has 2 aliphatic rings. The lowest BCUT2D eigenvalue weighted by molar-refractivity contribution is -0.145. The fraction of sp³-hybridized carbons (Fsp3) is 0.611. The molecule has 0 bridgehead atoms. The second-order valence-corrected chi connectivity index (χ2v) is 6.38. The molecule has 1 aromatic rings. The number of benzene rings is 1. The normalized spacial score (nSPS) is 23.6. The van der Waals surface area contributed by atoms with E-state index in [1.54, 1.807) is 0 Å². The molecule has 126 valence electrons. The van der Waals surface area contributed by atoms with Crippen LogP contribution < -0.4 is 5.32 Å². The van der Waals surface area contributed by atoms with Gasteiger partial charge in [0.2, 0.25) is 5.91 Å². The first-order valence-electron chi connectivity index (χ1n) is 8.39. The third-order valence-corrected chi connectivity index (χ3v) is 4.61. The third kappa shape index (κ3) is 4.77. The van der Waals surface area contributed by atoms with Crippen LogP contribution in [0.25, 0.3) is 0 Å². The van der Waals surface area contributed by atoms with Crippen LogP contribution in [0.4, 0.5) is 0 Å². The highest BCUT2D eigenvalue weighted by Gasteiger charge is 2.39. The van der Waals surface area contributed by atoms with Gasteiger partial charge in [-0.2, -0.15) is 0 Å². The maximum Gasteiger partial charge on any atom is 0.246 e. The summed E-state index contributed by atoms with van der Waals surface area (Å²) in [6.45, 7) is 2.77.